The van der Waals surface area contributed by atoms with E-state index in [0.29, 0.717) is 13.0 Å². The Hall–Kier alpha value is -1.82. The van der Waals surface area contributed by atoms with E-state index in [-0.39, 0.29) is 18.2 Å². The number of nitrogens with zero attached hydrogens (tertiary/aromatic N) is 2. The smallest absolute Gasteiger partial charge is 0.315 e. The van der Waals surface area contributed by atoms with Crippen LogP contribution in [0.3, 0.4) is 0 Å². The Morgan fingerprint density at radius 1 is 1.45 bits per heavy atom. The average Bonchev–Trinajstić information content (AvgIpc) is 2.48. The van der Waals surface area contributed by atoms with Crippen molar-refractivity contribution in [2.45, 2.75) is 45.3 Å². The number of urea groups is 1. The van der Waals surface area contributed by atoms with E-state index in [9.17, 15) is 4.79 Å². The summed E-state index contributed by atoms with van der Waals surface area (Å²) in [5, 5.41) is 14.9. The summed E-state index contributed by atoms with van der Waals surface area (Å²) in [6, 6.07) is 4.18. The quantitative estimate of drug-likeness (QED) is 0.769. The third kappa shape index (κ3) is 5.18. The van der Waals surface area contributed by atoms with Gasteiger partial charge in [-0.05, 0) is 44.7 Å². The second-order valence-electron chi connectivity index (χ2n) is 5.99. The first-order valence-corrected chi connectivity index (χ1v) is 7.94. The van der Waals surface area contributed by atoms with Crippen LogP contribution in [-0.4, -0.2) is 47.9 Å². The molecule has 122 valence electrons. The molecular weight excluding hydrogens is 280 g/mol. The van der Waals surface area contributed by atoms with Crippen molar-refractivity contribution in [2.24, 2.45) is 0 Å². The lowest BCUT2D eigenvalue weighted by atomic mass is 10.1. The molecule has 1 unspecified atom stereocenters. The fraction of sp³-hybridized carbons (Fsp3) is 0.625. The fourth-order valence-corrected chi connectivity index (χ4v) is 2.53. The minimum atomic E-state index is -0.384. The first kappa shape index (κ1) is 16.5. The number of aromatic nitrogens is 1. The van der Waals surface area contributed by atoms with Crippen LogP contribution < -0.4 is 15.5 Å². The van der Waals surface area contributed by atoms with E-state index in [0.717, 1.165) is 37.3 Å². The number of aryl methyl sites for hydroxylation is 1. The van der Waals surface area contributed by atoms with Crippen molar-refractivity contribution in [3.63, 3.8) is 0 Å². The molecule has 1 saturated heterocycles. The molecule has 0 aromatic carbocycles. The summed E-state index contributed by atoms with van der Waals surface area (Å²) in [4.78, 5) is 18.5. The zero-order valence-electron chi connectivity index (χ0n) is 13.4. The zero-order valence-corrected chi connectivity index (χ0v) is 13.4. The molecule has 2 rings (SSSR count). The van der Waals surface area contributed by atoms with Crippen molar-refractivity contribution in [1.82, 2.24) is 15.6 Å². The van der Waals surface area contributed by atoms with Gasteiger partial charge in [-0.25, -0.2) is 9.78 Å². The normalized spacial score (nSPS) is 17.1. The van der Waals surface area contributed by atoms with Gasteiger partial charge in [-0.1, -0.05) is 6.07 Å². The number of aliphatic hydroxyl groups excluding tert-OH is 1. The number of rotatable bonds is 5. The van der Waals surface area contributed by atoms with E-state index in [1.54, 1.807) is 6.92 Å². The van der Waals surface area contributed by atoms with Crippen LogP contribution in [0.2, 0.25) is 0 Å². The van der Waals surface area contributed by atoms with Crippen molar-refractivity contribution in [2.75, 3.05) is 24.5 Å². The molecular formula is C16H26N4O2. The molecule has 1 atom stereocenters. The van der Waals surface area contributed by atoms with Crippen molar-refractivity contribution in [3.8, 4) is 0 Å². The van der Waals surface area contributed by atoms with Gasteiger partial charge in [0.2, 0.25) is 0 Å². The summed E-state index contributed by atoms with van der Waals surface area (Å²) in [6.07, 6.45) is 3.91. The number of carbonyl (C=O) groups excluding carboxylic acids is 1. The number of nitrogens with one attached hydrogen (secondary N) is 2. The van der Waals surface area contributed by atoms with Gasteiger partial charge in [0, 0.05) is 31.9 Å². The Morgan fingerprint density at radius 2 is 2.18 bits per heavy atom. The SMILES string of the molecule is Cc1ccc(N2CCC(NC(=O)NCCC(C)O)CC2)nc1. The van der Waals surface area contributed by atoms with Gasteiger partial charge in [-0.2, -0.15) is 0 Å². The first-order chi connectivity index (χ1) is 10.5. The highest BCUT2D eigenvalue weighted by atomic mass is 16.3. The minimum Gasteiger partial charge on any atom is -0.393 e. The van der Waals surface area contributed by atoms with Crippen LogP contribution in [0.4, 0.5) is 10.6 Å². The second kappa shape index (κ2) is 7.98. The van der Waals surface area contributed by atoms with Gasteiger partial charge in [-0.15, -0.1) is 0 Å². The molecule has 0 aliphatic carbocycles. The van der Waals surface area contributed by atoms with E-state index in [1.165, 1.54) is 0 Å². The number of hydrogen-bond donors (Lipinski definition) is 3. The molecule has 6 heteroatoms. The van der Waals surface area contributed by atoms with Crippen LogP contribution in [0, 0.1) is 6.92 Å². The summed E-state index contributed by atoms with van der Waals surface area (Å²) in [6.45, 7) is 6.04. The molecule has 1 aromatic rings. The topological polar surface area (TPSA) is 77.5 Å². The third-order valence-corrected chi connectivity index (χ3v) is 3.90. The molecule has 1 aromatic heterocycles. The maximum Gasteiger partial charge on any atom is 0.315 e. The molecule has 2 heterocycles. The van der Waals surface area contributed by atoms with Crippen molar-refractivity contribution >= 4 is 11.8 Å². The fourth-order valence-electron chi connectivity index (χ4n) is 2.53. The first-order valence-electron chi connectivity index (χ1n) is 7.94. The summed E-state index contributed by atoms with van der Waals surface area (Å²) >= 11 is 0. The van der Waals surface area contributed by atoms with E-state index in [2.05, 4.69) is 26.6 Å². The number of amides is 2. The largest absolute Gasteiger partial charge is 0.393 e. The van der Waals surface area contributed by atoms with E-state index >= 15 is 0 Å². The molecule has 3 N–H and O–H groups in total. The highest BCUT2D eigenvalue weighted by Gasteiger charge is 2.21. The van der Waals surface area contributed by atoms with Crippen LogP contribution in [0.15, 0.2) is 18.3 Å². The van der Waals surface area contributed by atoms with E-state index < -0.39 is 0 Å². The monoisotopic (exact) mass is 306 g/mol. The molecule has 0 saturated carbocycles. The van der Waals surface area contributed by atoms with Crippen LogP contribution in [0.25, 0.3) is 0 Å². The van der Waals surface area contributed by atoms with Crippen molar-refractivity contribution in [3.05, 3.63) is 23.9 Å². The van der Waals surface area contributed by atoms with Gasteiger partial charge in [0.05, 0.1) is 6.10 Å². The summed E-state index contributed by atoms with van der Waals surface area (Å²) < 4.78 is 0. The number of hydrogen-bond acceptors (Lipinski definition) is 4. The molecule has 0 radical (unpaired) electrons. The standard InChI is InChI=1S/C16H26N4O2/c1-12-3-4-15(18-11-12)20-9-6-14(7-10-20)19-16(22)17-8-5-13(2)21/h3-4,11,13-14,21H,5-10H2,1-2H3,(H2,17,19,22). The zero-order chi connectivity index (χ0) is 15.9. The van der Waals surface area contributed by atoms with Gasteiger partial charge in [0.15, 0.2) is 0 Å². The van der Waals surface area contributed by atoms with E-state index in [1.807, 2.05) is 19.2 Å². The molecule has 1 aliphatic heterocycles. The van der Waals surface area contributed by atoms with E-state index in [4.69, 9.17) is 5.11 Å². The summed E-state index contributed by atoms with van der Waals surface area (Å²) in [5.41, 5.74) is 1.16. The highest BCUT2D eigenvalue weighted by Crippen LogP contribution is 2.17. The summed E-state index contributed by atoms with van der Waals surface area (Å²) in [7, 11) is 0. The minimum absolute atomic E-state index is 0.146. The Kier molecular flexibility index (Phi) is 6.00. The van der Waals surface area contributed by atoms with Crippen molar-refractivity contribution < 1.29 is 9.90 Å². The molecule has 0 bridgehead atoms. The average molecular weight is 306 g/mol. The second-order valence-corrected chi connectivity index (χ2v) is 5.99. The van der Waals surface area contributed by atoms with Crippen LogP contribution in [0.1, 0.15) is 31.7 Å². The third-order valence-electron chi connectivity index (χ3n) is 3.90. The molecule has 22 heavy (non-hydrogen) atoms. The van der Waals surface area contributed by atoms with Crippen LogP contribution in [0.5, 0.6) is 0 Å². The lowest BCUT2D eigenvalue weighted by Gasteiger charge is -2.33. The van der Waals surface area contributed by atoms with Gasteiger partial charge >= 0.3 is 6.03 Å². The number of aliphatic hydroxyl groups is 1. The van der Waals surface area contributed by atoms with Crippen molar-refractivity contribution in [1.29, 1.82) is 0 Å². The summed E-state index contributed by atoms with van der Waals surface area (Å²) in [5.74, 6) is 1.01. The number of piperidine rings is 1. The predicted octanol–water partition coefficient (Wildman–Crippen LogP) is 1.43. The van der Waals surface area contributed by atoms with Gasteiger partial charge in [0.25, 0.3) is 0 Å². The van der Waals surface area contributed by atoms with Gasteiger partial charge in [0.1, 0.15) is 5.82 Å². The van der Waals surface area contributed by atoms with Crippen LogP contribution in [-0.2, 0) is 0 Å². The Morgan fingerprint density at radius 3 is 2.77 bits per heavy atom. The molecule has 6 nitrogen and oxygen atoms in total. The van der Waals surface area contributed by atoms with Crippen LogP contribution >= 0.6 is 0 Å². The Balaban J connectivity index is 1.70. The maximum absolute atomic E-state index is 11.8. The number of anilines is 1. The maximum atomic E-state index is 11.8. The molecule has 1 fully saturated rings. The number of pyridine rings is 1. The predicted molar refractivity (Wildman–Crippen MR) is 87.0 cm³/mol. The molecule has 2 amide bonds. The highest BCUT2D eigenvalue weighted by molar-refractivity contribution is 5.74. The Bertz CT molecular complexity index is 468. The lowest BCUT2D eigenvalue weighted by molar-refractivity contribution is 0.183. The molecule has 1 aliphatic rings. The van der Waals surface area contributed by atoms with Gasteiger partial charge < -0.3 is 20.6 Å². The molecule has 0 spiro atoms. The number of carbonyl (C=O) groups is 1. The Labute approximate surface area is 131 Å². The van der Waals surface area contributed by atoms with Gasteiger partial charge in [-0.3, -0.25) is 0 Å². The lowest BCUT2D eigenvalue weighted by Crippen LogP contribution is -2.48.